The third-order valence-corrected chi connectivity index (χ3v) is 3.42. The lowest BCUT2D eigenvalue weighted by molar-refractivity contribution is 0.313. The summed E-state index contributed by atoms with van der Waals surface area (Å²) in [5, 5.41) is 15.1. The fraction of sp³-hybridized carbons (Fsp3) is 0.462. The molecule has 2 unspecified atom stereocenters. The number of hydrogen-bond acceptors (Lipinski definition) is 3. The summed E-state index contributed by atoms with van der Waals surface area (Å²) < 4.78 is 0. The molecule has 17 heavy (non-hydrogen) atoms. The summed E-state index contributed by atoms with van der Waals surface area (Å²) >= 11 is 0. The van der Waals surface area contributed by atoms with Crippen LogP contribution in [0.4, 0.5) is 0 Å². The molecule has 0 heterocycles. The average molecular weight is 233 g/mol. The number of hydrogen-bond donors (Lipinski definition) is 3. The maximum absolute atomic E-state index is 8.59. The number of benzene rings is 1. The van der Waals surface area contributed by atoms with Gasteiger partial charge in [0.1, 0.15) is 5.84 Å². The number of fused-ring (bicyclic) bond motifs is 1. The first-order valence-corrected chi connectivity index (χ1v) is 6.01. The van der Waals surface area contributed by atoms with Gasteiger partial charge in [0.25, 0.3) is 0 Å². The van der Waals surface area contributed by atoms with E-state index in [1.165, 1.54) is 11.1 Å². The Morgan fingerprint density at radius 3 is 3.12 bits per heavy atom. The average Bonchev–Trinajstić information content (AvgIpc) is 2.78. The highest BCUT2D eigenvalue weighted by atomic mass is 16.4. The Morgan fingerprint density at radius 1 is 1.59 bits per heavy atom. The van der Waals surface area contributed by atoms with Crippen LogP contribution in [0.2, 0.25) is 0 Å². The molecule has 1 aliphatic carbocycles. The van der Waals surface area contributed by atoms with Gasteiger partial charge in [0.05, 0.1) is 0 Å². The van der Waals surface area contributed by atoms with Crippen molar-refractivity contribution in [2.24, 2.45) is 16.8 Å². The molecular weight excluding hydrogens is 214 g/mol. The SMILES string of the molecule is CC(CNC1CCc2ccccc21)/C(N)=N/O. The Morgan fingerprint density at radius 2 is 2.35 bits per heavy atom. The first-order valence-electron chi connectivity index (χ1n) is 6.01. The van der Waals surface area contributed by atoms with Crippen LogP contribution in [0.3, 0.4) is 0 Å². The van der Waals surface area contributed by atoms with Crippen molar-refractivity contribution >= 4 is 5.84 Å². The van der Waals surface area contributed by atoms with E-state index in [2.05, 4.69) is 34.7 Å². The summed E-state index contributed by atoms with van der Waals surface area (Å²) in [7, 11) is 0. The van der Waals surface area contributed by atoms with Crippen LogP contribution in [0.5, 0.6) is 0 Å². The zero-order valence-electron chi connectivity index (χ0n) is 10.1. The van der Waals surface area contributed by atoms with Gasteiger partial charge < -0.3 is 16.3 Å². The van der Waals surface area contributed by atoms with Crippen LogP contribution in [-0.2, 0) is 6.42 Å². The molecule has 92 valence electrons. The van der Waals surface area contributed by atoms with Crippen LogP contribution in [0.15, 0.2) is 29.4 Å². The Balaban J connectivity index is 1.94. The molecule has 0 aromatic heterocycles. The predicted octanol–water partition coefficient (Wildman–Crippen LogP) is 1.65. The van der Waals surface area contributed by atoms with Gasteiger partial charge in [-0.05, 0) is 24.0 Å². The van der Waals surface area contributed by atoms with Gasteiger partial charge in [-0.3, -0.25) is 0 Å². The number of aryl methyl sites for hydroxylation is 1. The van der Waals surface area contributed by atoms with Gasteiger partial charge in [-0.25, -0.2) is 0 Å². The lowest BCUT2D eigenvalue weighted by Crippen LogP contribution is -2.32. The molecular formula is C13H19N3O. The minimum atomic E-state index is 0.0489. The van der Waals surface area contributed by atoms with Crippen LogP contribution >= 0.6 is 0 Å². The van der Waals surface area contributed by atoms with Crippen LogP contribution in [0.25, 0.3) is 0 Å². The van der Waals surface area contributed by atoms with Crippen molar-refractivity contribution < 1.29 is 5.21 Å². The Kier molecular flexibility index (Phi) is 3.64. The molecule has 0 bridgehead atoms. The second-order valence-electron chi connectivity index (χ2n) is 4.62. The summed E-state index contributed by atoms with van der Waals surface area (Å²) in [5.41, 5.74) is 8.38. The van der Waals surface area contributed by atoms with Crippen molar-refractivity contribution in [1.29, 1.82) is 0 Å². The van der Waals surface area contributed by atoms with E-state index in [9.17, 15) is 0 Å². The molecule has 0 saturated carbocycles. The Labute approximate surface area is 102 Å². The van der Waals surface area contributed by atoms with E-state index in [4.69, 9.17) is 10.9 Å². The number of nitrogens with zero attached hydrogens (tertiary/aromatic N) is 1. The lowest BCUT2D eigenvalue weighted by Gasteiger charge is -2.17. The number of oxime groups is 1. The molecule has 2 atom stereocenters. The molecule has 0 spiro atoms. The summed E-state index contributed by atoms with van der Waals surface area (Å²) in [6.45, 7) is 2.68. The largest absolute Gasteiger partial charge is 0.409 e. The van der Waals surface area contributed by atoms with E-state index in [-0.39, 0.29) is 11.8 Å². The van der Waals surface area contributed by atoms with Crippen LogP contribution in [-0.4, -0.2) is 17.6 Å². The molecule has 4 N–H and O–H groups in total. The zero-order valence-corrected chi connectivity index (χ0v) is 10.1. The van der Waals surface area contributed by atoms with Gasteiger partial charge in [0.15, 0.2) is 0 Å². The fourth-order valence-electron chi connectivity index (χ4n) is 2.29. The topological polar surface area (TPSA) is 70.6 Å². The quantitative estimate of drug-likeness (QED) is 0.320. The van der Waals surface area contributed by atoms with Crippen molar-refractivity contribution in [3.8, 4) is 0 Å². The van der Waals surface area contributed by atoms with Crippen LogP contribution < -0.4 is 11.1 Å². The molecule has 1 aromatic rings. The van der Waals surface area contributed by atoms with Gasteiger partial charge in [-0.2, -0.15) is 0 Å². The van der Waals surface area contributed by atoms with Crippen LogP contribution in [0.1, 0.15) is 30.5 Å². The second kappa shape index (κ2) is 5.19. The standard InChI is InChI=1S/C13H19N3O/c1-9(13(14)16-17)8-15-12-7-6-10-4-2-3-5-11(10)12/h2-5,9,12,15,17H,6-8H2,1H3,(H2,14,16). The maximum atomic E-state index is 8.59. The van der Waals surface area contributed by atoms with Crippen molar-refractivity contribution in [3.05, 3.63) is 35.4 Å². The normalized spacial score (nSPS) is 21.2. The van der Waals surface area contributed by atoms with Gasteiger partial charge in [-0.15, -0.1) is 0 Å². The van der Waals surface area contributed by atoms with E-state index in [0.29, 0.717) is 6.04 Å². The molecule has 1 aliphatic rings. The van der Waals surface area contributed by atoms with Crippen molar-refractivity contribution in [1.82, 2.24) is 5.32 Å². The number of nitrogens with one attached hydrogen (secondary N) is 1. The number of rotatable bonds is 4. The predicted molar refractivity (Wildman–Crippen MR) is 68.1 cm³/mol. The van der Waals surface area contributed by atoms with E-state index in [1.807, 2.05) is 6.92 Å². The van der Waals surface area contributed by atoms with E-state index in [1.54, 1.807) is 0 Å². The molecule has 4 heteroatoms. The molecule has 0 aliphatic heterocycles. The molecule has 2 rings (SSSR count). The highest BCUT2D eigenvalue weighted by Crippen LogP contribution is 2.30. The summed E-state index contributed by atoms with van der Waals surface area (Å²) in [6, 6.07) is 8.92. The summed E-state index contributed by atoms with van der Waals surface area (Å²) in [4.78, 5) is 0. The minimum Gasteiger partial charge on any atom is -0.409 e. The first kappa shape index (κ1) is 11.9. The second-order valence-corrected chi connectivity index (χ2v) is 4.62. The third-order valence-electron chi connectivity index (χ3n) is 3.42. The number of amidine groups is 1. The highest BCUT2D eigenvalue weighted by molar-refractivity contribution is 5.82. The Hall–Kier alpha value is -1.55. The van der Waals surface area contributed by atoms with Crippen molar-refractivity contribution in [3.63, 3.8) is 0 Å². The maximum Gasteiger partial charge on any atom is 0.143 e. The fourth-order valence-corrected chi connectivity index (χ4v) is 2.29. The van der Waals surface area contributed by atoms with Gasteiger partial charge in [0.2, 0.25) is 0 Å². The van der Waals surface area contributed by atoms with Gasteiger partial charge in [-0.1, -0.05) is 36.3 Å². The first-order chi connectivity index (χ1) is 8.22. The number of nitrogens with two attached hydrogens (primary N) is 1. The van der Waals surface area contributed by atoms with Gasteiger partial charge in [0, 0.05) is 18.5 Å². The molecule has 0 saturated heterocycles. The lowest BCUT2D eigenvalue weighted by atomic mass is 10.1. The smallest absolute Gasteiger partial charge is 0.143 e. The molecule has 0 fully saturated rings. The summed E-state index contributed by atoms with van der Waals surface area (Å²) in [6.07, 6.45) is 2.26. The molecule has 0 amide bonds. The minimum absolute atomic E-state index is 0.0489. The highest BCUT2D eigenvalue weighted by Gasteiger charge is 2.22. The van der Waals surface area contributed by atoms with E-state index >= 15 is 0 Å². The molecule has 4 nitrogen and oxygen atoms in total. The molecule has 1 aromatic carbocycles. The van der Waals surface area contributed by atoms with E-state index in [0.717, 1.165) is 19.4 Å². The van der Waals surface area contributed by atoms with E-state index < -0.39 is 0 Å². The third kappa shape index (κ3) is 2.58. The summed E-state index contributed by atoms with van der Waals surface area (Å²) in [5.74, 6) is 0.330. The zero-order chi connectivity index (χ0) is 12.3. The van der Waals surface area contributed by atoms with Crippen LogP contribution in [0, 0.1) is 5.92 Å². The van der Waals surface area contributed by atoms with Gasteiger partial charge >= 0.3 is 0 Å². The van der Waals surface area contributed by atoms with Crippen molar-refractivity contribution in [2.45, 2.75) is 25.8 Å². The molecule has 0 radical (unpaired) electrons. The monoisotopic (exact) mass is 233 g/mol. The van der Waals surface area contributed by atoms with Crippen molar-refractivity contribution in [2.75, 3.05) is 6.54 Å². The Bertz CT molecular complexity index is 417.